The molecule has 0 aliphatic rings. The molecule has 0 aliphatic heterocycles. The molecule has 0 saturated carbocycles. The molecule has 0 saturated heterocycles. The second kappa shape index (κ2) is 7.47. The molecule has 114 valence electrons. The van der Waals surface area contributed by atoms with Crippen molar-refractivity contribution in [2.45, 2.75) is 13.0 Å². The van der Waals surface area contributed by atoms with Crippen molar-refractivity contribution in [3.63, 3.8) is 0 Å². The van der Waals surface area contributed by atoms with Crippen LogP contribution in [0, 0.1) is 0 Å². The second-order valence-corrected chi connectivity index (χ2v) is 4.91. The molecule has 0 radical (unpaired) electrons. The van der Waals surface area contributed by atoms with Crippen molar-refractivity contribution in [3.8, 4) is 5.75 Å². The SMILES string of the molecule is C[C@H](Oc1ccccc1Cl)C(=O)NNC(=O)c1ccccc1. The van der Waals surface area contributed by atoms with E-state index in [0.717, 1.165) is 0 Å². The maximum atomic E-state index is 11.9. The maximum Gasteiger partial charge on any atom is 0.279 e. The summed E-state index contributed by atoms with van der Waals surface area (Å²) >= 11 is 5.95. The normalized spacial score (nSPS) is 11.4. The number of hydrogen-bond donors (Lipinski definition) is 2. The highest BCUT2D eigenvalue weighted by Gasteiger charge is 2.16. The summed E-state index contributed by atoms with van der Waals surface area (Å²) in [6.07, 6.45) is -0.809. The summed E-state index contributed by atoms with van der Waals surface area (Å²) in [5.41, 5.74) is 5.09. The van der Waals surface area contributed by atoms with E-state index < -0.39 is 17.9 Å². The molecule has 2 rings (SSSR count). The monoisotopic (exact) mass is 318 g/mol. The van der Waals surface area contributed by atoms with Crippen molar-refractivity contribution in [1.29, 1.82) is 0 Å². The average molecular weight is 319 g/mol. The van der Waals surface area contributed by atoms with E-state index in [0.29, 0.717) is 16.3 Å². The highest BCUT2D eigenvalue weighted by Crippen LogP contribution is 2.24. The second-order valence-electron chi connectivity index (χ2n) is 4.50. The molecule has 6 heteroatoms. The quantitative estimate of drug-likeness (QED) is 0.851. The number of nitrogens with one attached hydrogen (secondary N) is 2. The molecule has 0 aliphatic carbocycles. The van der Waals surface area contributed by atoms with Crippen molar-refractivity contribution in [1.82, 2.24) is 10.9 Å². The summed E-state index contributed by atoms with van der Waals surface area (Å²) in [4.78, 5) is 23.7. The Kier molecular flexibility index (Phi) is 5.38. The molecule has 0 spiro atoms. The van der Waals surface area contributed by atoms with Gasteiger partial charge in [-0.1, -0.05) is 41.9 Å². The Bertz CT molecular complexity index is 661. The van der Waals surface area contributed by atoms with Crippen LogP contribution in [0.4, 0.5) is 0 Å². The molecule has 0 bridgehead atoms. The van der Waals surface area contributed by atoms with Gasteiger partial charge < -0.3 is 4.74 Å². The topological polar surface area (TPSA) is 67.4 Å². The van der Waals surface area contributed by atoms with E-state index >= 15 is 0 Å². The zero-order valence-corrected chi connectivity index (χ0v) is 12.6. The summed E-state index contributed by atoms with van der Waals surface area (Å²) in [6, 6.07) is 15.4. The Balaban J connectivity index is 1.87. The minimum Gasteiger partial charge on any atom is -0.479 e. The first-order chi connectivity index (χ1) is 10.6. The van der Waals surface area contributed by atoms with Gasteiger partial charge in [0.2, 0.25) is 0 Å². The molecule has 0 heterocycles. The smallest absolute Gasteiger partial charge is 0.279 e. The van der Waals surface area contributed by atoms with Crippen molar-refractivity contribution >= 4 is 23.4 Å². The highest BCUT2D eigenvalue weighted by molar-refractivity contribution is 6.32. The van der Waals surface area contributed by atoms with Crippen molar-refractivity contribution in [2.24, 2.45) is 0 Å². The molecule has 5 nitrogen and oxygen atoms in total. The fourth-order valence-corrected chi connectivity index (χ4v) is 1.85. The van der Waals surface area contributed by atoms with Gasteiger partial charge in [-0.05, 0) is 31.2 Å². The molecule has 0 aromatic heterocycles. The third kappa shape index (κ3) is 4.23. The maximum absolute atomic E-state index is 11.9. The predicted molar refractivity (Wildman–Crippen MR) is 83.6 cm³/mol. The Morgan fingerprint density at radius 1 is 1.00 bits per heavy atom. The lowest BCUT2D eigenvalue weighted by molar-refractivity contribution is -0.128. The number of carbonyl (C=O) groups excluding carboxylic acids is 2. The summed E-state index contributed by atoms with van der Waals surface area (Å²) in [5.74, 6) is -0.482. The summed E-state index contributed by atoms with van der Waals surface area (Å²) in [6.45, 7) is 1.56. The fraction of sp³-hybridized carbons (Fsp3) is 0.125. The van der Waals surface area contributed by atoms with Gasteiger partial charge in [-0.25, -0.2) is 0 Å². The third-order valence-electron chi connectivity index (χ3n) is 2.84. The van der Waals surface area contributed by atoms with Gasteiger partial charge in [-0.2, -0.15) is 0 Å². The molecule has 2 amide bonds. The number of para-hydroxylation sites is 1. The van der Waals surface area contributed by atoms with Crippen LogP contribution in [0.1, 0.15) is 17.3 Å². The van der Waals surface area contributed by atoms with Crippen molar-refractivity contribution < 1.29 is 14.3 Å². The zero-order valence-electron chi connectivity index (χ0n) is 11.9. The van der Waals surface area contributed by atoms with Crippen LogP contribution in [0.3, 0.4) is 0 Å². The number of amides is 2. The Hall–Kier alpha value is -2.53. The van der Waals surface area contributed by atoms with Crippen LogP contribution < -0.4 is 15.6 Å². The number of carbonyl (C=O) groups is 2. The lowest BCUT2D eigenvalue weighted by Crippen LogP contribution is -2.47. The first kappa shape index (κ1) is 15.9. The van der Waals surface area contributed by atoms with Gasteiger partial charge in [0.1, 0.15) is 5.75 Å². The van der Waals surface area contributed by atoms with Gasteiger partial charge in [-0.3, -0.25) is 20.4 Å². The molecule has 0 fully saturated rings. The standard InChI is InChI=1S/C16H15ClN2O3/c1-11(22-14-10-6-5-9-13(14)17)15(20)18-19-16(21)12-7-3-2-4-8-12/h2-11H,1H3,(H,18,20)(H,19,21)/t11-/m0/s1. The predicted octanol–water partition coefficient (Wildman–Crippen LogP) is 2.57. The molecule has 2 aromatic rings. The van der Waals surface area contributed by atoms with E-state index in [4.69, 9.17) is 16.3 Å². The van der Waals surface area contributed by atoms with E-state index in [2.05, 4.69) is 10.9 Å². The molecule has 22 heavy (non-hydrogen) atoms. The van der Waals surface area contributed by atoms with Gasteiger partial charge in [0, 0.05) is 5.56 Å². The Morgan fingerprint density at radius 3 is 2.32 bits per heavy atom. The van der Waals surface area contributed by atoms with E-state index in [1.165, 1.54) is 0 Å². The van der Waals surface area contributed by atoms with Gasteiger partial charge in [0.25, 0.3) is 11.8 Å². The van der Waals surface area contributed by atoms with E-state index in [-0.39, 0.29) is 0 Å². The van der Waals surface area contributed by atoms with Crippen LogP contribution in [-0.4, -0.2) is 17.9 Å². The minimum atomic E-state index is -0.809. The third-order valence-corrected chi connectivity index (χ3v) is 3.16. The summed E-state index contributed by atoms with van der Waals surface area (Å²) in [7, 11) is 0. The molecular weight excluding hydrogens is 304 g/mol. The number of rotatable bonds is 4. The largest absolute Gasteiger partial charge is 0.479 e. The van der Waals surface area contributed by atoms with Crippen LogP contribution in [0.25, 0.3) is 0 Å². The van der Waals surface area contributed by atoms with E-state index in [1.54, 1.807) is 61.5 Å². The van der Waals surface area contributed by atoms with Crippen LogP contribution in [0.15, 0.2) is 54.6 Å². The number of hydrogen-bond acceptors (Lipinski definition) is 3. The molecule has 2 aromatic carbocycles. The van der Waals surface area contributed by atoms with Crippen LogP contribution in [0.2, 0.25) is 5.02 Å². The van der Waals surface area contributed by atoms with Crippen LogP contribution >= 0.6 is 11.6 Å². The van der Waals surface area contributed by atoms with Crippen molar-refractivity contribution in [2.75, 3.05) is 0 Å². The lowest BCUT2D eigenvalue weighted by Gasteiger charge is -2.15. The van der Waals surface area contributed by atoms with Gasteiger partial charge in [0.15, 0.2) is 6.10 Å². The first-order valence-corrected chi connectivity index (χ1v) is 7.02. The first-order valence-electron chi connectivity index (χ1n) is 6.64. The van der Waals surface area contributed by atoms with Crippen molar-refractivity contribution in [3.05, 3.63) is 65.2 Å². The number of hydrazine groups is 1. The molecule has 0 unspecified atom stereocenters. The highest BCUT2D eigenvalue weighted by atomic mass is 35.5. The Morgan fingerprint density at radius 2 is 1.64 bits per heavy atom. The minimum absolute atomic E-state index is 0.404. The zero-order chi connectivity index (χ0) is 15.9. The molecule has 1 atom stereocenters. The fourth-order valence-electron chi connectivity index (χ4n) is 1.67. The molecular formula is C16H15ClN2O3. The van der Waals surface area contributed by atoms with Gasteiger partial charge in [0.05, 0.1) is 5.02 Å². The summed E-state index contributed by atoms with van der Waals surface area (Å²) < 4.78 is 5.45. The Labute approximate surface area is 133 Å². The van der Waals surface area contributed by atoms with E-state index in [9.17, 15) is 9.59 Å². The number of ether oxygens (including phenoxy) is 1. The number of halogens is 1. The van der Waals surface area contributed by atoms with Gasteiger partial charge >= 0.3 is 0 Å². The summed E-state index contributed by atoms with van der Waals surface area (Å²) in [5, 5.41) is 0.412. The number of benzene rings is 2. The van der Waals surface area contributed by atoms with Crippen LogP contribution in [0.5, 0.6) is 5.75 Å². The van der Waals surface area contributed by atoms with Crippen LogP contribution in [-0.2, 0) is 4.79 Å². The van der Waals surface area contributed by atoms with Gasteiger partial charge in [-0.15, -0.1) is 0 Å². The lowest BCUT2D eigenvalue weighted by atomic mass is 10.2. The van der Waals surface area contributed by atoms with E-state index in [1.807, 2.05) is 0 Å². The average Bonchev–Trinajstić information content (AvgIpc) is 2.55. The molecule has 2 N–H and O–H groups in total.